The molecule has 11 heteroatoms. The number of carbonyl (C=O) groups is 1. The van der Waals surface area contributed by atoms with E-state index in [4.69, 9.17) is 23.2 Å². The van der Waals surface area contributed by atoms with E-state index in [0.29, 0.717) is 23.0 Å². The van der Waals surface area contributed by atoms with Crippen molar-refractivity contribution in [1.82, 2.24) is 9.97 Å². The third-order valence-corrected chi connectivity index (χ3v) is 5.91. The lowest BCUT2D eigenvalue weighted by molar-refractivity contribution is 0.102. The molecular weight excluding hydrogens is 449 g/mol. The van der Waals surface area contributed by atoms with E-state index in [2.05, 4.69) is 20.6 Å². The first kappa shape index (κ1) is 21.8. The Labute approximate surface area is 183 Å². The second kappa shape index (κ2) is 8.86. The Morgan fingerprint density at radius 2 is 1.73 bits per heavy atom. The van der Waals surface area contributed by atoms with Gasteiger partial charge in [0.1, 0.15) is 11.6 Å². The van der Waals surface area contributed by atoms with Gasteiger partial charge in [0.05, 0.1) is 33.7 Å². The van der Waals surface area contributed by atoms with E-state index < -0.39 is 15.9 Å². The molecule has 2 heterocycles. The SMILES string of the molecule is CN(c1ccc(Nc2cc(NC(=O)c3c(Cl)cccc3Cl)ccn2)nc1)S(C)(=O)=O. The molecule has 1 aromatic carbocycles. The smallest absolute Gasteiger partial charge is 0.258 e. The lowest BCUT2D eigenvalue weighted by atomic mass is 10.2. The fraction of sp³-hybridized carbons (Fsp3) is 0.105. The molecule has 1 amide bonds. The standard InChI is InChI=1S/C19H17Cl2N5O3S/c1-26(30(2,28)29)13-6-7-16(23-11-13)25-17-10-12(8-9-22-17)24-19(27)18-14(20)4-3-5-15(18)21/h3-11H,1-2H3,(H2,22,23,24,25,27). The van der Waals surface area contributed by atoms with Gasteiger partial charge >= 0.3 is 0 Å². The van der Waals surface area contributed by atoms with Crippen LogP contribution in [0.4, 0.5) is 23.0 Å². The molecule has 8 nitrogen and oxygen atoms in total. The first-order valence-corrected chi connectivity index (χ1v) is 11.1. The molecule has 0 aliphatic rings. The van der Waals surface area contributed by atoms with Crippen LogP contribution in [0.25, 0.3) is 0 Å². The number of rotatable bonds is 6. The zero-order chi connectivity index (χ0) is 21.9. The Bertz CT molecular complexity index is 1170. The van der Waals surface area contributed by atoms with Gasteiger partial charge in [-0.2, -0.15) is 0 Å². The lowest BCUT2D eigenvalue weighted by Crippen LogP contribution is -2.24. The minimum absolute atomic E-state index is 0.180. The summed E-state index contributed by atoms with van der Waals surface area (Å²) in [5, 5.41) is 6.21. The molecule has 0 unspecified atom stereocenters. The third-order valence-electron chi connectivity index (χ3n) is 4.07. The molecule has 0 bridgehead atoms. The number of anilines is 4. The number of benzene rings is 1. The monoisotopic (exact) mass is 465 g/mol. The van der Waals surface area contributed by atoms with Gasteiger partial charge in [-0.25, -0.2) is 18.4 Å². The van der Waals surface area contributed by atoms with Crippen molar-refractivity contribution in [1.29, 1.82) is 0 Å². The number of hydrogen-bond acceptors (Lipinski definition) is 6. The molecule has 0 aliphatic heterocycles. The van der Waals surface area contributed by atoms with Crippen LogP contribution >= 0.6 is 23.2 Å². The molecule has 0 saturated heterocycles. The molecule has 3 aromatic rings. The van der Waals surface area contributed by atoms with Gasteiger partial charge in [-0.05, 0) is 30.3 Å². The summed E-state index contributed by atoms with van der Waals surface area (Å²) in [4.78, 5) is 20.9. The molecule has 0 radical (unpaired) electrons. The van der Waals surface area contributed by atoms with E-state index in [0.717, 1.165) is 10.6 Å². The summed E-state index contributed by atoms with van der Waals surface area (Å²) in [6.07, 6.45) is 4.05. The van der Waals surface area contributed by atoms with E-state index in [9.17, 15) is 13.2 Å². The number of nitrogens with one attached hydrogen (secondary N) is 2. The summed E-state index contributed by atoms with van der Waals surface area (Å²) in [5.74, 6) is 0.426. The highest BCUT2D eigenvalue weighted by Crippen LogP contribution is 2.26. The van der Waals surface area contributed by atoms with Crippen molar-refractivity contribution in [3.8, 4) is 0 Å². The van der Waals surface area contributed by atoms with Crippen LogP contribution in [0.2, 0.25) is 10.0 Å². The summed E-state index contributed by atoms with van der Waals surface area (Å²) in [5.41, 5.74) is 1.08. The molecule has 2 aromatic heterocycles. The number of aromatic nitrogens is 2. The van der Waals surface area contributed by atoms with Crippen molar-refractivity contribution >= 4 is 62.1 Å². The summed E-state index contributed by atoms with van der Waals surface area (Å²) in [6.45, 7) is 0. The van der Waals surface area contributed by atoms with Crippen molar-refractivity contribution in [2.24, 2.45) is 0 Å². The molecular formula is C19H17Cl2N5O3S. The summed E-state index contributed by atoms with van der Waals surface area (Å²) >= 11 is 12.1. The van der Waals surface area contributed by atoms with Gasteiger partial charge in [0.15, 0.2) is 0 Å². The number of amides is 1. The number of carbonyl (C=O) groups excluding carboxylic acids is 1. The van der Waals surface area contributed by atoms with Crippen LogP contribution in [0.1, 0.15) is 10.4 Å². The first-order chi connectivity index (χ1) is 14.1. The van der Waals surface area contributed by atoms with Crippen molar-refractivity contribution in [2.45, 2.75) is 0 Å². The third kappa shape index (κ3) is 5.18. The van der Waals surface area contributed by atoms with Crippen molar-refractivity contribution in [3.63, 3.8) is 0 Å². The van der Waals surface area contributed by atoms with Crippen LogP contribution in [0.5, 0.6) is 0 Å². The largest absolute Gasteiger partial charge is 0.325 e. The molecule has 2 N–H and O–H groups in total. The number of hydrogen-bond donors (Lipinski definition) is 2. The molecule has 3 rings (SSSR count). The normalized spacial score (nSPS) is 11.1. The van der Waals surface area contributed by atoms with E-state index >= 15 is 0 Å². The Morgan fingerprint density at radius 3 is 2.33 bits per heavy atom. The van der Waals surface area contributed by atoms with Crippen molar-refractivity contribution < 1.29 is 13.2 Å². The van der Waals surface area contributed by atoms with E-state index in [1.807, 2.05) is 0 Å². The second-order valence-electron chi connectivity index (χ2n) is 6.24. The van der Waals surface area contributed by atoms with Gasteiger partial charge in [0, 0.05) is 25.0 Å². The van der Waals surface area contributed by atoms with Gasteiger partial charge in [-0.1, -0.05) is 29.3 Å². The van der Waals surface area contributed by atoms with Gasteiger partial charge in [-0.3, -0.25) is 9.10 Å². The average Bonchev–Trinajstić information content (AvgIpc) is 2.67. The topological polar surface area (TPSA) is 104 Å². The minimum Gasteiger partial charge on any atom is -0.325 e. The highest BCUT2D eigenvalue weighted by Gasteiger charge is 2.15. The number of sulfonamides is 1. The van der Waals surface area contributed by atoms with Crippen LogP contribution in [0, 0.1) is 0 Å². The summed E-state index contributed by atoms with van der Waals surface area (Å²) < 4.78 is 24.3. The summed E-state index contributed by atoms with van der Waals surface area (Å²) in [6, 6.07) is 11.3. The molecule has 0 atom stereocenters. The molecule has 0 aliphatic carbocycles. The van der Waals surface area contributed by atoms with E-state index in [1.54, 1.807) is 42.5 Å². The van der Waals surface area contributed by atoms with Crippen LogP contribution in [0.3, 0.4) is 0 Å². The van der Waals surface area contributed by atoms with Crippen LogP contribution in [-0.2, 0) is 10.0 Å². The first-order valence-electron chi connectivity index (χ1n) is 8.53. The quantitative estimate of drug-likeness (QED) is 0.565. The van der Waals surface area contributed by atoms with E-state index in [-0.39, 0.29) is 15.6 Å². The Hall–Kier alpha value is -2.88. The van der Waals surface area contributed by atoms with Gasteiger partial charge in [0.25, 0.3) is 5.91 Å². The number of pyridine rings is 2. The fourth-order valence-corrected chi connectivity index (χ4v) is 3.51. The highest BCUT2D eigenvalue weighted by molar-refractivity contribution is 7.92. The van der Waals surface area contributed by atoms with Crippen LogP contribution < -0.4 is 14.9 Å². The van der Waals surface area contributed by atoms with Gasteiger partial charge in [0.2, 0.25) is 10.0 Å². The second-order valence-corrected chi connectivity index (χ2v) is 9.07. The van der Waals surface area contributed by atoms with Gasteiger partial charge in [-0.15, -0.1) is 0 Å². The zero-order valence-electron chi connectivity index (χ0n) is 15.9. The van der Waals surface area contributed by atoms with Crippen LogP contribution in [-0.4, -0.2) is 37.6 Å². The summed E-state index contributed by atoms with van der Waals surface area (Å²) in [7, 11) is -1.93. The number of halogens is 2. The van der Waals surface area contributed by atoms with Gasteiger partial charge < -0.3 is 10.6 Å². The maximum Gasteiger partial charge on any atom is 0.258 e. The maximum atomic E-state index is 12.5. The molecule has 0 fully saturated rings. The lowest BCUT2D eigenvalue weighted by Gasteiger charge is -2.16. The number of nitrogens with zero attached hydrogens (tertiary/aromatic N) is 3. The zero-order valence-corrected chi connectivity index (χ0v) is 18.3. The maximum absolute atomic E-state index is 12.5. The molecule has 156 valence electrons. The minimum atomic E-state index is -3.37. The van der Waals surface area contributed by atoms with E-state index in [1.165, 1.54) is 19.4 Å². The van der Waals surface area contributed by atoms with Crippen molar-refractivity contribution in [2.75, 3.05) is 28.2 Å². The highest BCUT2D eigenvalue weighted by atomic mass is 35.5. The predicted octanol–water partition coefficient (Wildman–Crippen LogP) is 4.18. The van der Waals surface area contributed by atoms with Crippen molar-refractivity contribution in [3.05, 3.63) is 70.5 Å². The molecule has 0 spiro atoms. The predicted molar refractivity (Wildman–Crippen MR) is 119 cm³/mol. The van der Waals surface area contributed by atoms with Crippen LogP contribution in [0.15, 0.2) is 54.9 Å². The molecule has 30 heavy (non-hydrogen) atoms. The Balaban J connectivity index is 1.74. The Kier molecular flexibility index (Phi) is 6.45. The molecule has 0 saturated carbocycles. The average molecular weight is 466 g/mol. The Morgan fingerprint density at radius 1 is 1.03 bits per heavy atom. The fourth-order valence-electron chi connectivity index (χ4n) is 2.45.